The first-order chi connectivity index (χ1) is 14.0. The third-order valence-corrected chi connectivity index (χ3v) is 4.84. The highest BCUT2D eigenvalue weighted by molar-refractivity contribution is 6.29. The molecule has 0 aromatic carbocycles. The second-order valence-electron chi connectivity index (χ2n) is 6.63. The molecule has 4 rings (SSSR count). The molecule has 2 aromatic rings. The van der Waals surface area contributed by atoms with E-state index >= 15 is 0 Å². The van der Waals surface area contributed by atoms with Crippen molar-refractivity contribution in [3.05, 3.63) is 41.3 Å². The molecule has 11 heteroatoms. The lowest BCUT2D eigenvalue weighted by Crippen LogP contribution is -2.57. The third-order valence-electron chi connectivity index (χ3n) is 4.64. The molecule has 0 aliphatic carbocycles. The van der Waals surface area contributed by atoms with Gasteiger partial charge in [-0.2, -0.15) is 0 Å². The zero-order valence-electron chi connectivity index (χ0n) is 16.0. The van der Waals surface area contributed by atoms with Crippen molar-refractivity contribution in [2.24, 2.45) is 5.41 Å². The quantitative estimate of drug-likeness (QED) is 0.531. The van der Waals surface area contributed by atoms with Gasteiger partial charge in [0.15, 0.2) is 11.4 Å². The summed E-state index contributed by atoms with van der Waals surface area (Å²) in [5.41, 5.74) is 0.759. The van der Waals surface area contributed by atoms with Gasteiger partial charge in [0.1, 0.15) is 23.6 Å². The van der Waals surface area contributed by atoms with Crippen molar-refractivity contribution in [3.63, 3.8) is 0 Å². The second-order valence-corrected chi connectivity index (χ2v) is 7.02. The average Bonchev–Trinajstić information content (AvgIpc) is 3.22. The van der Waals surface area contributed by atoms with Crippen molar-refractivity contribution in [3.8, 4) is 0 Å². The molecule has 0 N–H and O–H groups in total. The van der Waals surface area contributed by atoms with Gasteiger partial charge in [-0.3, -0.25) is 0 Å². The molecular formula is C18H20ClN5O5. The van der Waals surface area contributed by atoms with Gasteiger partial charge in [-0.25, -0.2) is 29.5 Å². The van der Waals surface area contributed by atoms with E-state index in [0.29, 0.717) is 11.1 Å². The molecule has 2 saturated heterocycles. The maximum atomic E-state index is 11.4. The number of methoxy groups -OCH3 is 2. The van der Waals surface area contributed by atoms with Gasteiger partial charge in [0, 0.05) is 37.2 Å². The fourth-order valence-electron chi connectivity index (χ4n) is 3.11. The largest absolute Gasteiger partial charge is 0.464 e. The van der Waals surface area contributed by atoms with Crippen LogP contribution in [0.1, 0.15) is 27.4 Å². The first kappa shape index (κ1) is 20.9. The molecule has 2 aliphatic rings. The van der Waals surface area contributed by atoms with Gasteiger partial charge in [0.05, 0.1) is 20.8 Å². The van der Waals surface area contributed by atoms with Crippen molar-refractivity contribution in [2.75, 3.05) is 45.4 Å². The van der Waals surface area contributed by atoms with E-state index in [4.69, 9.17) is 16.3 Å². The Labute approximate surface area is 172 Å². The highest BCUT2D eigenvalue weighted by atomic mass is 35.5. The Morgan fingerprint density at radius 3 is 2.21 bits per heavy atom. The monoisotopic (exact) mass is 421 g/mol. The fourth-order valence-corrected chi connectivity index (χ4v) is 3.26. The van der Waals surface area contributed by atoms with Crippen LogP contribution in [-0.2, 0) is 14.2 Å². The maximum absolute atomic E-state index is 11.4. The summed E-state index contributed by atoms with van der Waals surface area (Å²) >= 11 is 5.49. The third kappa shape index (κ3) is 4.96. The standard InChI is InChI=1S/C12H15N3O3.C6H5ClN2O2/c1-17-11(16)9-4-10(14-8-13-9)15-5-12(6-15)2-3-18-7-12;1-11-6(10)4-2-5(7)9-3-8-4/h4,8H,2-3,5-7H2,1H3;2-3H,1H3. The van der Waals surface area contributed by atoms with Crippen LogP contribution in [0.25, 0.3) is 0 Å². The van der Waals surface area contributed by atoms with Crippen LogP contribution in [0.2, 0.25) is 5.15 Å². The number of rotatable bonds is 3. The summed E-state index contributed by atoms with van der Waals surface area (Å²) in [6.45, 7) is 3.55. The van der Waals surface area contributed by atoms with Crippen molar-refractivity contribution in [1.82, 2.24) is 19.9 Å². The molecular weight excluding hydrogens is 402 g/mol. The Morgan fingerprint density at radius 1 is 1.03 bits per heavy atom. The van der Waals surface area contributed by atoms with Gasteiger partial charge in [0.2, 0.25) is 0 Å². The number of hydrogen-bond donors (Lipinski definition) is 0. The van der Waals surface area contributed by atoms with Gasteiger partial charge >= 0.3 is 11.9 Å². The van der Waals surface area contributed by atoms with Gasteiger partial charge in [-0.05, 0) is 6.42 Å². The molecule has 1 spiro atoms. The predicted octanol–water partition coefficient (Wildman–Crippen LogP) is 1.41. The van der Waals surface area contributed by atoms with E-state index in [9.17, 15) is 9.59 Å². The smallest absolute Gasteiger partial charge is 0.356 e. The Kier molecular flexibility index (Phi) is 6.55. The Hall–Kier alpha value is -2.85. The molecule has 0 atom stereocenters. The first-order valence-corrected chi connectivity index (χ1v) is 9.13. The molecule has 0 unspecified atom stereocenters. The van der Waals surface area contributed by atoms with E-state index in [-0.39, 0.29) is 10.8 Å². The number of hydrogen-bond acceptors (Lipinski definition) is 10. The SMILES string of the molecule is COC(=O)c1cc(Cl)ncn1.COC(=O)c1cc(N2CC3(CCOC3)C2)ncn1. The van der Waals surface area contributed by atoms with E-state index in [1.807, 2.05) is 0 Å². The fraction of sp³-hybridized carbons (Fsp3) is 0.444. The summed E-state index contributed by atoms with van der Waals surface area (Å²) in [6, 6.07) is 3.02. The summed E-state index contributed by atoms with van der Waals surface area (Å²) in [6.07, 6.45) is 3.71. The highest BCUT2D eigenvalue weighted by Gasteiger charge is 2.46. The minimum atomic E-state index is -0.519. The van der Waals surface area contributed by atoms with E-state index in [1.54, 1.807) is 6.07 Å². The lowest BCUT2D eigenvalue weighted by molar-refractivity contribution is 0.0585. The number of carbonyl (C=O) groups excluding carboxylic acids is 2. The summed E-state index contributed by atoms with van der Waals surface area (Å²) in [4.78, 5) is 39.7. The number of halogens is 1. The molecule has 10 nitrogen and oxygen atoms in total. The summed E-state index contributed by atoms with van der Waals surface area (Å²) < 4.78 is 14.5. The minimum absolute atomic E-state index is 0.160. The van der Waals surface area contributed by atoms with Crippen molar-refractivity contribution < 1.29 is 23.8 Å². The molecule has 2 fully saturated rings. The molecule has 2 aliphatic heterocycles. The van der Waals surface area contributed by atoms with Crippen LogP contribution in [0.15, 0.2) is 24.8 Å². The lowest BCUT2D eigenvalue weighted by Gasteiger charge is -2.47. The number of aromatic nitrogens is 4. The number of ether oxygens (including phenoxy) is 3. The zero-order chi connectivity index (χ0) is 20.9. The van der Waals surface area contributed by atoms with Crippen LogP contribution in [-0.4, -0.2) is 72.4 Å². The lowest BCUT2D eigenvalue weighted by atomic mass is 9.79. The van der Waals surface area contributed by atoms with E-state index in [0.717, 1.165) is 38.5 Å². The van der Waals surface area contributed by atoms with Crippen molar-refractivity contribution in [1.29, 1.82) is 0 Å². The van der Waals surface area contributed by atoms with E-state index in [1.165, 1.54) is 32.9 Å². The van der Waals surface area contributed by atoms with Crippen molar-refractivity contribution >= 4 is 29.4 Å². The summed E-state index contributed by atoms with van der Waals surface area (Å²) in [5, 5.41) is 0.223. The van der Waals surface area contributed by atoms with E-state index < -0.39 is 11.9 Å². The maximum Gasteiger partial charge on any atom is 0.356 e. The normalized spacial score (nSPS) is 16.4. The molecule has 29 heavy (non-hydrogen) atoms. The van der Waals surface area contributed by atoms with Crippen LogP contribution in [0.4, 0.5) is 5.82 Å². The van der Waals surface area contributed by atoms with Crippen LogP contribution < -0.4 is 4.90 Å². The molecule has 2 aromatic heterocycles. The first-order valence-electron chi connectivity index (χ1n) is 8.75. The molecule has 0 saturated carbocycles. The van der Waals surface area contributed by atoms with Crippen molar-refractivity contribution in [2.45, 2.75) is 6.42 Å². The van der Waals surface area contributed by atoms with Gasteiger partial charge < -0.3 is 19.1 Å². The average molecular weight is 422 g/mol. The number of carbonyl (C=O) groups is 2. The minimum Gasteiger partial charge on any atom is -0.464 e. The Bertz CT molecular complexity index is 882. The Morgan fingerprint density at radius 2 is 1.66 bits per heavy atom. The van der Waals surface area contributed by atoms with Crippen LogP contribution in [0, 0.1) is 5.41 Å². The number of nitrogens with zero attached hydrogens (tertiary/aromatic N) is 5. The van der Waals surface area contributed by atoms with Gasteiger partial charge in [0.25, 0.3) is 0 Å². The number of esters is 2. The molecule has 0 amide bonds. The van der Waals surface area contributed by atoms with Gasteiger partial charge in [-0.1, -0.05) is 11.6 Å². The summed E-state index contributed by atoms with van der Waals surface area (Å²) in [7, 11) is 2.62. The predicted molar refractivity (Wildman–Crippen MR) is 102 cm³/mol. The topological polar surface area (TPSA) is 117 Å². The highest BCUT2D eigenvalue weighted by Crippen LogP contribution is 2.40. The number of anilines is 1. The Balaban J connectivity index is 0.000000188. The molecule has 4 heterocycles. The molecule has 154 valence electrons. The zero-order valence-corrected chi connectivity index (χ0v) is 16.8. The molecule has 0 radical (unpaired) electrons. The molecule has 0 bridgehead atoms. The van der Waals surface area contributed by atoms with E-state index in [2.05, 4.69) is 34.3 Å². The van der Waals surface area contributed by atoms with Gasteiger partial charge in [-0.15, -0.1) is 0 Å². The second kappa shape index (κ2) is 9.10. The summed E-state index contributed by atoms with van der Waals surface area (Å²) in [5.74, 6) is -0.171. The van der Waals surface area contributed by atoms with Crippen LogP contribution in [0.5, 0.6) is 0 Å². The van der Waals surface area contributed by atoms with Crippen LogP contribution >= 0.6 is 11.6 Å². The van der Waals surface area contributed by atoms with Crippen LogP contribution in [0.3, 0.4) is 0 Å².